The molecule has 3 rings (SSSR count). The maximum atomic E-state index is 12.8. The van der Waals surface area contributed by atoms with Gasteiger partial charge in [-0.15, -0.1) is 11.3 Å². The van der Waals surface area contributed by atoms with E-state index in [1.807, 2.05) is 0 Å². The van der Waals surface area contributed by atoms with Gasteiger partial charge in [-0.05, 0) is 19.8 Å². The molecule has 2 aromatic rings. The van der Waals surface area contributed by atoms with Crippen LogP contribution in [0.3, 0.4) is 0 Å². The first-order valence-electron chi connectivity index (χ1n) is 7.95. The van der Waals surface area contributed by atoms with E-state index in [1.165, 1.54) is 11.3 Å². The fourth-order valence-electron chi connectivity index (χ4n) is 2.81. The third kappa shape index (κ3) is 3.58. The monoisotopic (exact) mass is 365 g/mol. The van der Waals surface area contributed by atoms with Crippen molar-refractivity contribution in [3.63, 3.8) is 0 Å². The van der Waals surface area contributed by atoms with Crippen LogP contribution in [0.1, 0.15) is 30.1 Å². The number of aromatic nitrogens is 2. The summed E-state index contributed by atoms with van der Waals surface area (Å²) in [4.78, 5) is 33.7. The van der Waals surface area contributed by atoms with Crippen molar-refractivity contribution in [1.82, 2.24) is 20.2 Å². The number of aromatic hydroxyl groups is 1. The van der Waals surface area contributed by atoms with E-state index >= 15 is 0 Å². The molecule has 1 aliphatic rings. The topological polar surface area (TPSA) is 131 Å². The predicted molar refractivity (Wildman–Crippen MR) is 92.6 cm³/mol. The molecule has 0 radical (unpaired) electrons. The Kier molecular flexibility index (Phi) is 4.88. The highest BCUT2D eigenvalue weighted by Crippen LogP contribution is 2.32. The number of hydrogen-bond donors (Lipinski definition) is 3. The van der Waals surface area contributed by atoms with Crippen molar-refractivity contribution in [2.75, 3.05) is 25.4 Å². The van der Waals surface area contributed by atoms with Gasteiger partial charge in [-0.1, -0.05) is 0 Å². The molecule has 10 heteroatoms. The number of nitrogens with one attached hydrogen (secondary N) is 1. The van der Waals surface area contributed by atoms with Crippen molar-refractivity contribution >= 4 is 39.5 Å². The Morgan fingerprint density at radius 3 is 2.84 bits per heavy atom. The second-order valence-electron chi connectivity index (χ2n) is 5.66. The van der Waals surface area contributed by atoms with Crippen molar-refractivity contribution in [2.24, 2.45) is 0 Å². The lowest BCUT2D eigenvalue weighted by Crippen LogP contribution is -2.46. The Bertz CT molecular complexity index is 801. The number of fused-ring (bicyclic) bond motifs is 1. The van der Waals surface area contributed by atoms with E-state index in [-0.39, 0.29) is 23.8 Å². The lowest BCUT2D eigenvalue weighted by atomic mass is 10.0. The average molecular weight is 365 g/mol. The number of carbonyl (C=O) groups excluding carboxylic acids is 2. The molecule has 2 aromatic heterocycles. The van der Waals surface area contributed by atoms with Gasteiger partial charge in [0.25, 0.3) is 5.91 Å². The number of likely N-dealkylation sites (tertiary alicyclic amines) is 1. The summed E-state index contributed by atoms with van der Waals surface area (Å²) < 4.78 is 5.31. The van der Waals surface area contributed by atoms with Gasteiger partial charge in [0, 0.05) is 24.5 Å². The molecule has 1 fully saturated rings. The number of carbonyl (C=O) groups is 2. The molecule has 25 heavy (non-hydrogen) atoms. The van der Waals surface area contributed by atoms with E-state index < -0.39 is 6.09 Å². The van der Waals surface area contributed by atoms with Crippen LogP contribution in [0, 0.1) is 0 Å². The van der Waals surface area contributed by atoms with Crippen molar-refractivity contribution in [3.05, 3.63) is 10.9 Å². The highest BCUT2D eigenvalue weighted by molar-refractivity contribution is 7.17. The lowest BCUT2D eigenvalue weighted by molar-refractivity contribution is 0.0705. The fraction of sp³-hybridized carbons (Fsp3) is 0.467. The maximum absolute atomic E-state index is 12.8. The molecule has 0 spiro atoms. The molecule has 0 aliphatic carbocycles. The molecule has 3 heterocycles. The molecular weight excluding hydrogens is 346 g/mol. The number of amides is 2. The van der Waals surface area contributed by atoms with Crippen molar-refractivity contribution in [1.29, 1.82) is 0 Å². The molecule has 134 valence electrons. The van der Waals surface area contributed by atoms with Crippen LogP contribution < -0.4 is 11.1 Å². The number of rotatable bonds is 3. The summed E-state index contributed by atoms with van der Waals surface area (Å²) >= 11 is 1.20. The third-order valence-corrected chi connectivity index (χ3v) is 4.99. The van der Waals surface area contributed by atoms with Crippen LogP contribution in [0.2, 0.25) is 0 Å². The molecule has 4 N–H and O–H groups in total. The van der Waals surface area contributed by atoms with Crippen LogP contribution in [0.4, 0.5) is 10.7 Å². The minimum atomic E-state index is -0.432. The van der Waals surface area contributed by atoms with Crippen LogP contribution in [-0.2, 0) is 4.74 Å². The van der Waals surface area contributed by atoms with Crippen LogP contribution in [0.25, 0.3) is 10.2 Å². The quantitative estimate of drug-likeness (QED) is 0.748. The van der Waals surface area contributed by atoms with Gasteiger partial charge in [-0.3, -0.25) is 4.79 Å². The SMILES string of the molecule is CCOC(=O)NC1CCN(C(=O)c2csc3c(O)nc(N)nc23)CC1. The van der Waals surface area contributed by atoms with Crippen molar-refractivity contribution in [2.45, 2.75) is 25.8 Å². The first kappa shape index (κ1) is 17.2. The smallest absolute Gasteiger partial charge is 0.407 e. The third-order valence-electron chi connectivity index (χ3n) is 4.02. The van der Waals surface area contributed by atoms with Gasteiger partial charge in [0.1, 0.15) is 10.2 Å². The van der Waals surface area contributed by atoms with Gasteiger partial charge < -0.3 is 25.8 Å². The summed E-state index contributed by atoms with van der Waals surface area (Å²) in [7, 11) is 0. The standard InChI is InChI=1S/C15H19N5O4S/c1-2-24-15(23)17-8-3-5-20(6-4-8)13(22)9-7-25-11-10(9)18-14(16)19-12(11)21/h7-8H,2-6H2,1H3,(H,17,23)(H3,16,18,19,21). The Morgan fingerprint density at radius 2 is 2.16 bits per heavy atom. The molecule has 0 aromatic carbocycles. The maximum Gasteiger partial charge on any atom is 0.407 e. The van der Waals surface area contributed by atoms with Gasteiger partial charge in [0.15, 0.2) is 0 Å². The zero-order valence-electron chi connectivity index (χ0n) is 13.7. The van der Waals surface area contributed by atoms with E-state index in [4.69, 9.17) is 10.5 Å². The Hall–Kier alpha value is -2.62. The van der Waals surface area contributed by atoms with E-state index in [1.54, 1.807) is 17.2 Å². The Morgan fingerprint density at radius 1 is 1.44 bits per heavy atom. The highest BCUT2D eigenvalue weighted by Gasteiger charge is 2.27. The second kappa shape index (κ2) is 7.09. The molecule has 2 amide bonds. The Balaban J connectivity index is 1.68. The minimum Gasteiger partial charge on any atom is -0.492 e. The normalized spacial score (nSPS) is 15.3. The van der Waals surface area contributed by atoms with E-state index in [9.17, 15) is 14.7 Å². The predicted octanol–water partition coefficient (Wildman–Crippen LogP) is 1.33. The van der Waals surface area contributed by atoms with Gasteiger partial charge >= 0.3 is 6.09 Å². The first-order valence-corrected chi connectivity index (χ1v) is 8.83. The van der Waals surface area contributed by atoms with Crippen LogP contribution in [0.15, 0.2) is 5.38 Å². The zero-order valence-corrected chi connectivity index (χ0v) is 14.5. The van der Waals surface area contributed by atoms with Gasteiger partial charge in [-0.25, -0.2) is 9.78 Å². The number of nitrogens with zero attached hydrogens (tertiary/aromatic N) is 3. The molecule has 0 saturated carbocycles. The van der Waals surface area contributed by atoms with Crippen LogP contribution in [0.5, 0.6) is 5.88 Å². The largest absolute Gasteiger partial charge is 0.492 e. The number of piperidine rings is 1. The van der Waals surface area contributed by atoms with E-state index in [0.717, 1.165) is 0 Å². The summed E-state index contributed by atoms with van der Waals surface area (Å²) in [6.45, 7) is 3.10. The lowest BCUT2D eigenvalue weighted by Gasteiger charge is -2.32. The van der Waals surface area contributed by atoms with E-state index in [2.05, 4.69) is 15.3 Å². The average Bonchev–Trinajstić information content (AvgIpc) is 2.99. The highest BCUT2D eigenvalue weighted by atomic mass is 32.1. The number of ether oxygens (including phenoxy) is 1. The summed E-state index contributed by atoms with van der Waals surface area (Å²) in [5.74, 6) is -0.461. The molecule has 1 saturated heterocycles. The number of anilines is 1. The van der Waals surface area contributed by atoms with E-state index in [0.29, 0.717) is 48.3 Å². The fourth-order valence-corrected chi connectivity index (χ4v) is 3.68. The first-order chi connectivity index (χ1) is 12.0. The molecule has 0 bridgehead atoms. The van der Waals surface area contributed by atoms with Crippen LogP contribution in [-0.4, -0.2) is 57.7 Å². The second-order valence-corrected chi connectivity index (χ2v) is 6.54. The summed E-state index contributed by atoms with van der Waals surface area (Å²) in [5, 5.41) is 14.3. The number of hydrogen-bond acceptors (Lipinski definition) is 8. The van der Waals surface area contributed by atoms with Gasteiger partial charge in [0.2, 0.25) is 11.8 Å². The number of nitrogens with two attached hydrogens (primary N) is 1. The summed E-state index contributed by atoms with van der Waals surface area (Å²) in [6.07, 6.45) is 0.864. The summed E-state index contributed by atoms with van der Waals surface area (Å²) in [5.41, 5.74) is 6.34. The minimum absolute atomic E-state index is 0.00988. The molecular formula is C15H19N5O4S. The van der Waals surface area contributed by atoms with Gasteiger partial charge in [0.05, 0.1) is 12.2 Å². The zero-order chi connectivity index (χ0) is 18.0. The van der Waals surface area contributed by atoms with Crippen molar-refractivity contribution < 1.29 is 19.4 Å². The molecule has 9 nitrogen and oxygen atoms in total. The van der Waals surface area contributed by atoms with Crippen LogP contribution >= 0.6 is 11.3 Å². The summed E-state index contributed by atoms with van der Waals surface area (Å²) in [6, 6.07) is -0.00988. The van der Waals surface area contributed by atoms with Crippen molar-refractivity contribution in [3.8, 4) is 5.88 Å². The molecule has 0 unspecified atom stereocenters. The Labute approximate surface area is 147 Å². The number of alkyl carbamates (subject to hydrolysis) is 1. The number of thiophene rings is 1. The number of nitrogen functional groups attached to an aromatic ring is 1. The molecule has 0 atom stereocenters. The molecule has 1 aliphatic heterocycles. The van der Waals surface area contributed by atoms with Gasteiger partial charge in [-0.2, -0.15) is 4.98 Å².